The second-order valence-corrected chi connectivity index (χ2v) is 9.04. The van der Waals surface area contributed by atoms with E-state index in [9.17, 15) is 18.8 Å². The highest BCUT2D eigenvalue weighted by molar-refractivity contribution is 5.99. The Labute approximate surface area is 206 Å². The molecular weight excluding hydrogens is 465 g/mol. The van der Waals surface area contributed by atoms with Crippen LogP contribution in [0.25, 0.3) is 0 Å². The number of methoxy groups -OCH3 is 1. The lowest BCUT2D eigenvalue weighted by Gasteiger charge is -2.42. The number of rotatable bonds is 4. The van der Waals surface area contributed by atoms with Crippen LogP contribution in [0, 0.1) is 11.7 Å². The van der Waals surface area contributed by atoms with Crippen molar-refractivity contribution in [1.29, 1.82) is 0 Å². The zero-order valence-corrected chi connectivity index (χ0v) is 19.7. The van der Waals surface area contributed by atoms with Gasteiger partial charge in [-0.15, -0.1) is 0 Å². The van der Waals surface area contributed by atoms with Crippen LogP contribution in [0.5, 0.6) is 5.75 Å². The Bertz CT molecular complexity index is 1360. The van der Waals surface area contributed by atoms with E-state index in [-0.39, 0.29) is 34.8 Å². The first-order valence-electron chi connectivity index (χ1n) is 11.7. The van der Waals surface area contributed by atoms with Gasteiger partial charge in [-0.3, -0.25) is 4.79 Å². The van der Waals surface area contributed by atoms with E-state index in [2.05, 4.69) is 16.0 Å². The summed E-state index contributed by atoms with van der Waals surface area (Å²) in [6.45, 7) is 1.48. The van der Waals surface area contributed by atoms with E-state index in [1.165, 1.54) is 18.2 Å². The van der Waals surface area contributed by atoms with Gasteiger partial charge in [-0.1, -0.05) is 6.07 Å². The van der Waals surface area contributed by atoms with Crippen molar-refractivity contribution in [1.82, 2.24) is 9.47 Å². The third-order valence-corrected chi connectivity index (χ3v) is 6.56. The number of likely N-dealkylation sites (tertiary alicyclic amines) is 1. The molecule has 3 heterocycles. The Hall–Kier alpha value is -4.34. The minimum atomic E-state index is -0.629. The summed E-state index contributed by atoms with van der Waals surface area (Å²) in [5.41, 5.74) is 1.65. The predicted molar refractivity (Wildman–Crippen MR) is 134 cm³/mol. The quantitative estimate of drug-likeness (QED) is 0.506. The molecule has 1 saturated heterocycles. The number of ether oxygens (including phenoxy) is 1. The summed E-state index contributed by atoms with van der Waals surface area (Å²) >= 11 is 0. The molecule has 1 aromatic heterocycles. The van der Waals surface area contributed by atoms with Crippen molar-refractivity contribution < 1.29 is 18.7 Å². The normalized spacial score (nSPS) is 18.1. The highest BCUT2D eigenvalue weighted by atomic mass is 19.1. The maximum absolute atomic E-state index is 13.4. The van der Waals surface area contributed by atoms with E-state index in [4.69, 9.17) is 4.74 Å². The molecule has 186 valence electrons. The Morgan fingerprint density at radius 2 is 1.75 bits per heavy atom. The number of fused-ring (bicyclic) bond motifs is 4. The van der Waals surface area contributed by atoms with E-state index in [1.54, 1.807) is 53.0 Å². The second-order valence-electron chi connectivity index (χ2n) is 9.04. The van der Waals surface area contributed by atoms with Crippen molar-refractivity contribution in [3.8, 4) is 5.75 Å². The average molecular weight is 492 g/mol. The number of nitrogens with one attached hydrogen (secondary N) is 3. The van der Waals surface area contributed by atoms with Gasteiger partial charge in [0.2, 0.25) is 0 Å². The summed E-state index contributed by atoms with van der Waals surface area (Å²) in [5, 5.41) is 8.02. The fourth-order valence-electron chi connectivity index (χ4n) is 4.93. The van der Waals surface area contributed by atoms with E-state index in [0.717, 1.165) is 12.1 Å². The zero-order chi connectivity index (χ0) is 25.2. The molecule has 3 N–H and O–H groups in total. The van der Waals surface area contributed by atoms with Gasteiger partial charge in [0.25, 0.3) is 5.56 Å². The second kappa shape index (κ2) is 9.73. The lowest BCUT2D eigenvalue weighted by Crippen LogP contribution is -2.50. The Kier molecular flexibility index (Phi) is 6.32. The number of carbonyl (C=O) groups excluding carboxylic acids is 2. The van der Waals surface area contributed by atoms with Gasteiger partial charge in [0, 0.05) is 42.6 Å². The van der Waals surface area contributed by atoms with Crippen molar-refractivity contribution in [3.63, 3.8) is 0 Å². The van der Waals surface area contributed by atoms with Gasteiger partial charge in [0.1, 0.15) is 17.3 Å². The topological polar surface area (TPSA) is 105 Å². The number of pyridine rings is 1. The van der Waals surface area contributed by atoms with Crippen molar-refractivity contribution in [2.24, 2.45) is 5.92 Å². The van der Waals surface area contributed by atoms with Crippen LogP contribution < -0.4 is 26.2 Å². The molecule has 9 nitrogen and oxygen atoms in total. The van der Waals surface area contributed by atoms with Crippen LogP contribution in [-0.2, 0) is 6.54 Å². The minimum Gasteiger partial charge on any atom is -0.497 e. The first-order chi connectivity index (χ1) is 17.4. The molecule has 4 amide bonds. The van der Waals surface area contributed by atoms with Crippen molar-refractivity contribution in [2.45, 2.75) is 18.9 Å². The van der Waals surface area contributed by atoms with Crippen LogP contribution in [0.2, 0.25) is 0 Å². The molecule has 0 saturated carbocycles. The number of halogens is 1. The molecule has 2 aliphatic rings. The van der Waals surface area contributed by atoms with E-state index < -0.39 is 11.8 Å². The molecule has 36 heavy (non-hydrogen) atoms. The first kappa shape index (κ1) is 23.4. The highest BCUT2D eigenvalue weighted by Gasteiger charge is 2.36. The van der Waals surface area contributed by atoms with Crippen LogP contribution in [0.4, 0.5) is 31.0 Å². The number of urea groups is 2. The van der Waals surface area contributed by atoms with Crippen LogP contribution in [-0.4, -0.2) is 41.7 Å². The third kappa shape index (κ3) is 4.88. The number of hydrogen-bond acceptors (Lipinski definition) is 4. The third-order valence-electron chi connectivity index (χ3n) is 6.56. The van der Waals surface area contributed by atoms with Crippen LogP contribution in [0.3, 0.4) is 0 Å². The highest BCUT2D eigenvalue weighted by Crippen LogP contribution is 2.35. The van der Waals surface area contributed by atoms with Gasteiger partial charge in [-0.2, -0.15) is 0 Å². The summed E-state index contributed by atoms with van der Waals surface area (Å²) in [4.78, 5) is 40.2. The molecular formula is C26H26FN5O4. The van der Waals surface area contributed by atoms with Crippen LogP contribution in [0.15, 0.2) is 65.5 Å². The van der Waals surface area contributed by atoms with Crippen LogP contribution >= 0.6 is 0 Å². The molecule has 2 aliphatic heterocycles. The van der Waals surface area contributed by atoms with E-state index >= 15 is 0 Å². The molecule has 5 rings (SSSR count). The molecule has 0 spiro atoms. The maximum atomic E-state index is 13.4. The largest absolute Gasteiger partial charge is 0.497 e. The van der Waals surface area contributed by atoms with Crippen molar-refractivity contribution in [3.05, 3.63) is 82.5 Å². The number of amides is 4. The SMILES string of the molecule is COc1ccc(NC(=O)N2C[C@H]3C[C@H](C2)c2ccc(NC(=O)Nc4cccc(F)c4)c(=O)n2C3)cc1. The lowest BCUT2D eigenvalue weighted by atomic mass is 9.83. The van der Waals surface area contributed by atoms with Gasteiger partial charge >= 0.3 is 12.1 Å². The standard InChI is InChI=1S/C26H26FN5O4/c1-36-21-7-5-19(6-8-21)29-26(35)31-13-16-11-17(15-31)23-10-9-22(24(33)32(23)14-16)30-25(34)28-20-4-2-3-18(27)12-20/h2-10,12,16-17H,11,13-15H2,1H3,(H,29,35)(H2,28,30,34)/t16-,17-/m1/s1. The molecule has 3 aromatic rings. The van der Waals surface area contributed by atoms with Gasteiger partial charge < -0.3 is 30.2 Å². The molecule has 1 fully saturated rings. The molecule has 2 bridgehead atoms. The molecule has 2 atom stereocenters. The van der Waals surface area contributed by atoms with E-state index in [1.807, 2.05) is 6.07 Å². The zero-order valence-electron chi connectivity index (χ0n) is 19.7. The molecule has 0 unspecified atom stereocenters. The number of benzene rings is 2. The summed E-state index contributed by atoms with van der Waals surface area (Å²) in [5.74, 6) is 0.372. The van der Waals surface area contributed by atoms with Crippen LogP contribution in [0.1, 0.15) is 18.0 Å². The fraction of sp³-hybridized carbons (Fsp3) is 0.269. The fourth-order valence-corrected chi connectivity index (χ4v) is 4.93. The minimum absolute atomic E-state index is 0.0157. The van der Waals surface area contributed by atoms with Crippen molar-refractivity contribution in [2.75, 3.05) is 36.1 Å². The van der Waals surface area contributed by atoms with E-state index in [0.29, 0.717) is 31.1 Å². The summed E-state index contributed by atoms with van der Waals surface area (Å²) < 4.78 is 20.2. The number of aromatic nitrogens is 1. The monoisotopic (exact) mass is 491 g/mol. The Morgan fingerprint density at radius 1 is 0.944 bits per heavy atom. The predicted octanol–water partition coefficient (Wildman–Crippen LogP) is 4.29. The molecule has 0 radical (unpaired) electrons. The summed E-state index contributed by atoms with van der Waals surface area (Å²) in [7, 11) is 1.59. The smallest absolute Gasteiger partial charge is 0.323 e. The number of piperidine rings is 1. The molecule has 2 aromatic carbocycles. The summed E-state index contributed by atoms with van der Waals surface area (Å²) in [6.07, 6.45) is 0.887. The van der Waals surface area contributed by atoms with Gasteiger partial charge in [-0.25, -0.2) is 14.0 Å². The maximum Gasteiger partial charge on any atom is 0.323 e. The number of carbonyl (C=O) groups is 2. The Balaban J connectivity index is 1.27. The average Bonchev–Trinajstić information content (AvgIpc) is 2.86. The Morgan fingerprint density at radius 3 is 2.50 bits per heavy atom. The molecule has 0 aliphatic carbocycles. The number of nitrogens with zero attached hydrogens (tertiary/aromatic N) is 2. The van der Waals surface area contributed by atoms with Gasteiger partial charge in [0.05, 0.1) is 7.11 Å². The molecule has 10 heteroatoms. The number of hydrogen-bond donors (Lipinski definition) is 3. The van der Waals surface area contributed by atoms with Gasteiger partial charge in [0.15, 0.2) is 0 Å². The number of anilines is 3. The summed E-state index contributed by atoms with van der Waals surface area (Å²) in [6, 6.07) is 15.2. The van der Waals surface area contributed by atoms with Crippen molar-refractivity contribution >= 4 is 29.1 Å². The van der Waals surface area contributed by atoms with Gasteiger partial charge in [-0.05, 0) is 66.9 Å². The lowest BCUT2D eigenvalue weighted by molar-refractivity contribution is 0.139. The first-order valence-corrected chi connectivity index (χ1v) is 11.7.